The normalized spacial score (nSPS) is 9.29. The number of aromatic nitrogens is 3. The first kappa shape index (κ1) is 4.45. The summed E-state index contributed by atoms with van der Waals surface area (Å²) >= 11 is 3.86. The first-order chi connectivity index (χ1) is 3.30. The van der Waals surface area contributed by atoms with Gasteiger partial charge in [0.2, 0.25) is 0 Å². The Hall–Kier alpha value is -0.710. The number of hydrogen-bond acceptors (Lipinski definition) is 4. The van der Waals surface area contributed by atoms with Gasteiger partial charge in [0.25, 0.3) is 0 Å². The van der Waals surface area contributed by atoms with E-state index in [1.54, 1.807) is 0 Å². The highest BCUT2D eigenvalue weighted by Crippen LogP contribution is 1.94. The molecule has 0 saturated carbocycles. The first-order valence-corrected chi connectivity index (χ1v) is 2.10. The summed E-state index contributed by atoms with van der Waals surface area (Å²) in [6.07, 6.45) is 1.46. The van der Waals surface area contributed by atoms with Crippen LogP contribution in [0.15, 0.2) is 11.2 Å². The van der Waals surface area contributed by atoms with Gasteiger partial charge in [-0.2, -0.15) is 4.79 Å². The van der Waals surface area contributed by atoms with E-state index in [2.05, 4.69) is 22.9 Å². The van der Waals surface area contributed by atoms with Crippen LogP contribution >= 0.6 is 12.6 Å². The lowest BCUT2D eigenvalue weighted by Crippen LogP contribution is -2.09. The van der Waals surface area contributed by atoms with Crippen LogP contribution < -0.4 is 5.84 Å². The fourth-order valence-corrected chi connectivity index (χ4v) is 0.330. The molecule has 1 aromatic heterocycles. The van der Waals surface area contributed by atoms with Crippen molar-refractivity contribution < 1.29 is 0 Å². The van der Waals surface area contributed by atoms with Gasteiger partial charge < -0.3 is 5.84 Å². The largest absolute Gasteiger partial charge is 0.321 e. The van der Waals surface area contributed by atoms with Crippen LogP contribution in [0.3, 0.4) is 0 Å². The molecule has 0 aliphatic rings. The van der Waals surface area contributed by atoms with E-state index < -0.39 is 0 Å². The molecule has 38 valence electrons. The van der Waals surface area contributed by atoms with E-state index in [9.17, 15) is 0 Å². The highest BCUT2D eigenvalue weighted by molar-refractivity contribution is 7.80. The summed E-state index contributed by atoms with van der Waals surface area (Å²) < 4.78 is 0. The summed E-state index contributed by atoms with van der Waals surface area (Å²) in [5.74, 6) is 5.11. The summed E-state index contributed by atoms with van der Waals surface area (Å²) in [5, 5.41) is 7.37. The van der Waals surface area contributed by atoms with Gasteiger partial charge in [-0.3, -0.25) is 0 Å². The highest BCUT2D eigenvalue weighted by atomic mass is 32.1. The minimum atomic E-state index is 0.556. The molecule has 0 fully saturated rings. The molecule has 1 heterocycles. The molecule has 4 nitrogen and oxygen atoms in total. The van der Waals surface area contributed by atoms with Crippen molar-refractivity contribution in [3.8, 4) is 0 Å². The lowest BCUT2D eigenvalue weighted by Gasteiger charge is -1.84. The Morgan fingerprint density at radius 2 is 2.57 bits per heavy atom. The maximum absolute atomic E-state index is 5.11. The van der Waals surface area contributed by atoms with E-state index >= 15 is 0 Å². The Morgan fingerprint density at radius 1 is 1.86 bits per heavy atom. The maximum Gasteiger partial charge on any atom is 0.135 e. The molecule has 0 radical (unpaired) electrons. The second-order valence-corrected chi connectivity index (χ2v) is 1.49. The van der Waals surface area contributed by atoms with E-state index in [-0.39, 0.29) is 0 Å². The third-order valence-electron chi connectivity index (χ3n) is 0.556. The number of thiol groups is 1. The van der Waals surface area contributed by atoms with Crippen molar-refractivity contribution in [1.29, 1.82) is 0 Å². The molecule has 0 aromatic carbocycles. The second-order valence-electron chi connectivity index (χ2n) is 1.04. The molecule has 0 amide bonds. The van der Waals surface area contributed by atoms with Crippen molar-refractivity contribution in [2.45, 2.75) is 5.03 Å². The molecule has 0 aliphatic carbocycles. The minimum absolute atomic E-state index is 0.556. The average molecular weight is 116 g/mol. The van der Waals surface area contributed by atoms with Crippen LogP contribution in [-0.2, 0) is 0 Å². The van der Waals surface area contributed by atoms with Gasteiger partial charge in [-0.25, -0.2) is 0 Å². The molecule has 0 saturated heterocycles. The molecule has 0 aliphatic heterocycles. The molecule has 0 atom stereocenters. The zero-order valence-corrected chi connectivity index (χ0v) is 4.34. The summed E-state index contributed by atoms with van der Waals surface area (Å²) in [5.41, 5.74) is 0. The van der Waals surface area contributed by atoms with Crippen molar-refractivity contribution in [2.75, 3.05) is 5.84 Å². The van der Waals surface area contributed by atoms with Crippen LogP contribution in [0.1, 0.15) is 0 Å². The van der Waals surface area contributed by atoms with E-state index in [0.717, 1.165) is 4.79 Å². The van der Waals surface area contributed by atoms with Crippen LogP contribution in [0.5, 0.6) is 0 Å². The van der Waals surface area contributed by atoms with Gasteiger partial charge in [-0.1, -0.05) is 0 Å². The highest BCUT2D eigenvalue weighted by Gasteiger charge is 1.87. The predicted octanol–water partition coefficient (Wildman–Crippen LogP) is -0.719. The Labute approximate surface area is 45.7 Å². The second kappa shape index (κ2) is 1.42. The molecule has 0 unspecified atom stereocenters. The lowest BCUT2D eigenvalue weighted by atomic mass is 10.9. The Kier molecular flexibility index (Phi) is 0.900. The summed E-state index contributed by atoms with van der Waals surface area (Å²) in [6.45, 7) is 0. The number of nitrogens with two attached hydrogens (primary N) is 1. The SMILES string of the molecule is Nn1nncc1S. The zero-order chi connectivity index (χ0) is 5.28. The van der Waals surface area contributed by atoms with Crippen molar-refractivity contribution in [2.24, 2.45) is 0 Å². The fourth-order valence-electron chi connectivity index (χ4n) is 0.238. The number of nitrogens with zero attached hydrogens (tertiary/aromatic N) is 3. The van der Waals surface area contributed by atoms with Crippen molar-refractivity contribution in [1.82, 2.24) is 15.1 Å². The van der Waals surface area contributed by atoms with Gasteiger partial charge in [-0.15, -0.1) is 17.7 Å². The zero-order valence-electron chi connectivity index (χ0n) is 3.44. The lowest BCUT2D eigenvalue weighted by molar-refractivity contribution is 0.718. The van der Waals surface area contributed by atoms with E-state index in [0.29, 0.717) is 5.03 Å². The molecule has 0 bridgehead atoms. The van der Waals surface area contributed by atoms with Gasteiger partial charge in [0.1, 0.15) is 5.03 Å². The molecule has 1 aromatic rings. The minimum Gasteiger partial charge on any atom is -0.321 e. The summed E-state index contributed by atoms with van der Waals surface area (Å²) in [4.78, 5) is 1.09. The monoisotopic (exact) mass is 116 g/mol. The average Bonchev–Trinajstić information content (AvgIpc) is 1.91. The van der Waals surface area contributed by atoms with Crippen LogP contribution in [0.2, 0.25) is 0 Å². The van der Waals surface area contributed by atoms with Crippen LogP contribution in [0.4, 0.5) is 0 Å². The first-order valence-electron chi connectivity index (χ1n) is 1.65. The van der Waals surface area contributed by atoms with E-state index in [1.165, 1.54) is 6.20 Å². The number of rotatable bonds is 0. The molecule has 5 heteroatoms. The van der Waals surface area contributed by atoms with Gasteiger partial charge in [0.15, 0.2) is 0 Å². The summed E-state index contributed by atoms with van der Waals surface area (Å²) in [7, 11) is 0. The van der Waals surface area contributed by atoms with Gasteiger partial charge in [-0.05, 0) is 5.21 Å². The van der Waals surface area contributed by atoms with Gasteiger partial charge in [0.05, 0.1) is 6.20 Å². The quantitative estimate of drug-likeness (QED) is 0.347. The van der Waals surface area contributed by atoms with Crippen LogP contribution in [0.25, 0.3) is 0 Å². The van der Waals surface area contributed by atoms with Gasteiger partial charge >= 0.3 is 0 Å². The standard InChI is InChI=1S/C2H4N4S/c3-6-2(7)1-4-5-6/h1,7H,3H2. The molecule has 0 spiro atoms. The van der Waals surface area contributed by atoms with Crippen molar-refractivity contribution in [3.63, 3.8) is 0 Å². The van der Waals surface area contributed by atoms with Crippen molar-refractivity contribution in [3.05, 3.63) is 6.20 Å². The Balaban J connectivity index is 3.12. The van der Waals surface area contributed by atoms with E-state index in [1.807, 2.05) is 0 Å². The topological polar surface area (TPSA) is 56.7 Å². The fraction of sp³-hybridized carbons (Fsp3) is 0. The van der Waals surface area contributed by atoms with Crippen LogP contribution in [0, 0.1) is 0 Å². The van der Waals surface area contributed by atoms with Gasteiger partial charge in [0, 0.05) is 0 Å². The number of nitrogen functional groups attached to an aromatic ring is 1. The third kappa shape index (κ3) is 0.663. The molecular formula is C2H4N4S. The molecule has 2 N–H and O–H groups in total. The maximum atomic E-state index is 5.11. The molecule has 1 rings (SSSR count). The van der Waals surface area contributed by atoms with Crippen molar-refractivity contribution >= 4 is 12.6 Å². The summed E-state index contributed by atoms with van der Waals surface area (Å²) in [6, 6.07) is 0. The van der Waals surface area contributed by atoms with E-state index in [4.69, 9.17) is 5.84 Å². The predicted molar refractivity (Wildman–Crippen MR) is 27.4 cm³/mol. The third-order valence-corrected chi connectivity index (χ3v) is 0.876. The Morgan fingerprint density at radius 3 is 2.71 bits per heavy atom. The molecular weight excluding hydrogens is 112 g/mol. The molecule has 7 heavy (non-hydrogen) atoms. The smallest absolute Gasteiger partial charge is 0.135 e. The van der Waals surface area contributed by atoms with Crippen LogP contribution in [-0.4, -0.2) is 15.1 Å². The Bertz CT molecular complexity index is 142. The number of hydrogen-bond donors (Lipinski definition) is 2.